The molecule has 2 aromatic rings. The van der Waals surface area contributed by atoms with Gasteiger partial charge >= 0.3 is 6.03 Å². The fourth-order valence-corrected chi connectivity index (χ4v) is 3.50. The molecule has 3 amide bonds. The van der Waals surface area contributed by atoms with Gasteiger partial charge in [-0.2, -0.15) is 5.10 Å². The van der Waals surface area contributed by atoms with E-state index < -0.39 is 17.5 Å². The number of rotatable bonds is 3. The van der Waals surface area contributed by atoms with E-state index in [-0.39, 0.29) is 0 Å². The van der Waals surface area contributed by atoms with Crippen LogP contribution < -0.4 is 5.32 Å². The van der Waals surface area contributed by atoms with Crippen LogP contribution in [0.5, 0.6) is 0 Å². The lowest BCUT2D eigenvalue weighted by Crippen LogP contribution is -2.40. The first-order valence-electron chi connectivity index (χ1n) is 6.52. The topological polar surface area (TPSA) is 61.8 Å². The molecule has 1 aromatic heterocycles. The zero-order valence-corrected chi connectivity index (χ0v) is 14.0. The number of nitrogens with zero attached hydrogens (tertiary/aromatic N) is 2. The van der Waals surface area contributed by atoms with E-state index >= 15 is 0 Å². The molecule has 1 fully saturated rings. The van der Waals surface area contributed by atoms with Crippen LogP contribution in [0.1, 0.15) is 17.4 Å². The van der Waals surface area contributed by atoms with Gasteiger partial charge < -0.3 is 5.32 Å². The molecule has 0 saturated carbocycles. The van der Waals surface area contributed by atoms with Crippen LogP contribution in [0.4, 0.5) is 4.79 Å². The van der Waals surface area contributed by atoms with E-state index in [2.05, 4.69) is 26.3 Å². The molecule has 1 atom stereocenters. The van der Waals surface area contributed by atoms with Crippen molar-refractivity contribution < 1.29 is 9.59 Å². The summed E-state index contributed by atoms with van der Waals surface area (Å²) in [6.45, 7) is 1.68. The molecule has 3 rings (SSSR count). The third kappa shape index (κ3) is 2.57. The Hall–Kier alpha value is -1.99. The van der Waals surface area contributed by atoms with Gasteiger partial charge in [-0.05, 0) is 40.5 Å². The van der Waals surface area contributed by atoms with Gasteiger partial charge in [-0.1, -0.05) is 30.3 Å². The van der Waals surface area contributed by atoms with E-state index in [0.29, 0.717) is 0 Å². The first-order valence-corrected chi connectivity index (χ1v) is 8.13. The average molecular weight is 378 g/mol. The highest BCUT2D eigenvalue weighted by Gasteiger charge is 2.49. The Morgan fingerprint density at radius 2 is 1.95 bits per heavy atom. The molecule has 1 aliphatic rings. The predicted molar refractivity (Wildman–Crippen MR) is 88.8 cm³/mol. The van der Waals surface area contributed by atoms with Crippen molar-refractivity contribution in [2.75, 3.05) is 0 Å². The summed E-state index contributed by atoms with van der Waals surface area (Å²) in [6.07, 6.45) is 1.50. The first-order chi connectivity index (χ1) is 10.5. The van der Waals surface area contributed by atoms with E-state index in [1.165, 1.54) is 17.6 Å². The Bertz CT molecular complexity index is 759. The number of carbonyl (C=O) groups is 2. The van der Waals surface area contributed by atoms with E-state index in [4.69, 9.17) is 0 Å². The van der Waals surface area contributed by atoms with E-state index in [1.807, 2.05) is 42.5 Å². The molecule has 22 heavy (non-hydrogen) atoms. The van der Waals surface area contributed by atoms with Crippen LogP contribution in [0, 0.1) is 0 Å². The number of imide groups is 1. The number of hydrogen-bond acceptors (Lipinski definition) is 4. The molecule has 0 unspecified atom stereocenters. The first kappa shape index (κ1) is 14.9. The summed E-state index contributed by atoms with van der Waals surface area (Å²) in [4.78, 5) is 25.5. The summed E-state index contributed by atoms with van der Waals surface area (Å²) in [6, 6.07) is 12.3. The van der Waals surface area contributed by atoms with Crippen molar-refractivity contribution in [3.05, 3.63) is 56.7 Å². The molecule has 7 heteroatoms. The maximum absolute atomic E-state index is 12.6. The number of hydrogen-bond donors (Lipinski definition) is 1. The fourth-order valence-electron chi connectivity index (χ4n) is 2.21. The molecule has 1 saturated heterocycles. The molecule has 112 valence electrons. The van der Waals surface area contributed by atoms with Crippen LogP contribution in [0.25, 0.3) is 0 Å². The van der Waals surface area contributed by atoms with Crippen molar-refractivity contribution in [3.63, 3.8) is 0 Å². The van der Waals surface area contributed by atoms with Crippen molar-refractivity contribution in [1.82, 2.24) is 10.3 Å². The zero-order chi connectivity index (χ0) is 15.7. The highest BCUT2D eigenvalue weighted by atomic mass is 79.9. The largest absolute Gasteiger partial charge is 0.346 e. The van der Waals surface area contributed by atoms with Crippen LogP contribution in [0.15, 0.2) is 51.4 Å². The molecule has 1 aliphatic heterocycles. The van der Waals surface area contributed by atoms with Crippen molar-refractivity contribution in [2.45, 2.75) is 12.5 Å². The molecule has 1 aromatic carbocycles. The minimum absolute atomic E-state index is 0.393. The lowest BCUT2D eigenvalue weighted by molar-refractivity contribution is -0.131. The number of urea groups is 1. The van der Waals surface area contributed by atoms with Gasteiger partial charge in [-0.15, -0.1) is 16.3 Å². The predicted octanol–water partition coefficient (Wildman–Crippen LogP) is 3.31. The van der Waals surface area contributed by atoms with Crippen molar-refractivity contribution >= 4 is 45.4 Å². The van der Waals surface area contributed by atoms with Gasteiger partial charge in [-0.3, -0.25) is 4.79 Å². The van der Waals surface area contributed by atoms with Crippen molar-refractivity contribution in [1.29, 1.82) is 0 Å². The molecule has 0 aliphatic carbocycles. The molecule has 5 nitrogen and oxygen atoms in total. The number of nitrogens with one attached hydrogen (secondary N) is 1. The molecular weight excluding hydrogens is 366 g/mol. The minimum atomic E-state index is -1.09. The summed E-state index contributed by atoms with van der Waals surface area (Å²) in [5.41, 5.74) is -0.365. The van der Waals surface area contributed by atoms with E-state index in [0.717, 1.165) is 19.2 Å². The van der Waals surface area contributed by atoms with Crippen LogP contribution >= 0.6 is 27.3 Å². The van der Waals surface area contributed by atoms with Gasteiger partial charge in [0.05, 0.1) is 10.0 Å². The van der Waals surface area contributed by atoms with Gasteiger partial charge in [-0.25, -0.2) is 4.79 Å². The molecule has 0 spiro atoms. The van der Waals surface area contributed by atoms with E-state index in [9.17, 15) is 9.59 Å². The Morgan fingerprint density at radius 3 is 2.59 bits per heavy atom. The van der Waals surface area contributed by atoms with Crippen molar-refractivity contribution in [2.24, 2.45) is 5.10 Å². The van der Waals surface area contributed by atoms with E-state index in [1.54, 1.807) is 6.92 Å². The minimum Gasteiger partial charge on any atom is -0.318 e. The van der Waals surface area contributed by atoms with Crippen LogP contribution in [-0.4, -0.2) is 23.2 Å². The third-order valence-electron chi connectivity index (χ3n) is 3.41. The summed E-state index contributed by atoms with van der Waals surface area (Å²) in [7, 11) is 0. The summed E-state index contributed by atoms with van der Waals surface area (Å²) in [5.74, 6) is -0.393. The lowest BCUT2D eigenvalue weighted by atomic mass is 9.92. The molecule has 2 heterocycles. The van der Waals surface area contributed by atoms with Gasteiger partial charge in [0.25, 0.3) is 5.91 Å². The second-order valence-electron chi connectivity index (χ2n) is 4.92. The van der Waals surface area contributed by atoms with Gasteiger partial charge in [0.2, 0.25) is 0 Å². The van der Waals surface area contributed by atoms with Gasteiger partial charge in [0, 0.05) is 4.88 Å². The Labute approximate surface area is 139 Å². The second kappa shape index (κ2) is 5.66. The maximum atomic E-state index is 12.6. The second-order valence-corrected chi connectivity index (χ2v) is 7.42. The number of hydrazone groups is 1. The number of thiophene rings is 1. The number of carbonyl (C=O) groups excluding carboxylic acids is 2. The quantitative estimate of drug-likeness (QED) is 0.658. The monoisotopic (exact) mass is 377 g/mol. The highest BCUT2D eigenvalue weighted by Crippen LogP contribution is 2.29. The fraction of sp³-hybridized carbons (Fsp3) is 0.133. The Balaban J connectivity index is 1.87. The number of benzene rings is 1. The summed E-state index contributed by atoms with van der Waals surface area (Å²) in [5, 5.41) is 7.61. The maximum Gasteiger partial charge on any atom is 0.346 e. The highest BCUT2D eigenvalue weighted by molar-refractivity contribution is 9.11. The van der Waals surface area contributed by atoms with Gasteiger partial charge in [0.1, 0.15) is 5.54 Å². The third-order valence-corrected chi connectivity index (χ3v) is 4.97. The SMILES string of the molecule is C[C@@]1(c2ccccc2)NC(=O)N(/N=C\c2ccc(Br)s2)C1=O. The normalized spacial score (nSPS) is 21.6. The molecular formula is C15H12BrN3O2S. The van der Waals surface area contributed by atoms with Crippen LogP contribution in [0.2, 0.25) is 0 Å². The standard InChI is InChI=1S/C15H12BrN3O2S/c1-15(10-5-3-2-4-6-10)13(20)19(14(21)18-15)17-9-11-7-8-12(16)22-11/h2-9H,1H3,(H,18,21)/b17-9-/t15-/m0/s1. The smallest absolute Gasteiger partial charge is 0.318 e. The average Bonchev–Trinajstić information content (AvgIpc) is 3.02. The summed E-state index contributed by atoms with van der Waals surface area (Å²) >= 11 is 4.82. The number of halogens is 1. The Kier molecular flexibility index (Phi) is 3.84. The summed E-state index contributed by atoms with van der Waals surface area (Å²) < 4.78 is 0.959. The zero-order valence-electron chi connectivity index (χ0n) is 11.6. The molecule has 0 bridgehead atoms. The molecule has 1 N–H and O–H groups in total. The van der Waals surface area contributed by atoms with Crippen LogP contribution in [0.3, 0.4) is 0 Å². The van der Waals surface area contributed by atoms with Crippen molar-refractivity contribution in [3.8, 4) is 0 Å². The Morgan fingerprint density at radius 1 is 1.23 bits per heavy atom. The lowest BCUT2D eigenvalue weighted by Gasteiger charge is -2.20. The molecule has 0 radical (unpaired) electrons. The number of amides is 3. The van der Waals surface area contributed by atoms with Crippen LogP contribution in [-0.2, 0) is 10.3 Å². The van der Waals surface area contributed by atoms with Gasteiger partial charge in [0.15, 0.2) is 0 Å².